The Morgan fingerprint density at radius 1 is 1.28 bits per heavy atom. The van der Waals surface area contributed by atoms with Gasteiger partial charge < -0.3 is 10.6 Å². The second-order valence-electron chi connectivity index (χ2n) is 5.63. The number of rotatable bonds is 3. The molecule has 0 amide bonds. The summed E-state index contributed by atoms with van der Waals surface area (Å²) in [6.07, 6.45) is 4.76. The van der Waals surface area contributed by atoms with Gasteiger partial charge in [-0.2, -0.15) is 0 Å². The smallest absolute Gasteiger partial charge is 0.130 e. The van der Waals surface area contributed by atoms with E-state index in [1.165, 1.54) is 19.4 Å². The zero-order valence-corrected chi connectivity index (χ0v) is 11.1. The average Bonchev–Trinajstić information content (AvgIpc) is 3.18. The fourth-order valence-corrected chi connectivity index (χ4v) is 2.53. The van der Waals surface area contributed by atoms with Gasteiger partial charge in [-0.25, -0.2) is 4.98 Å². The second kappa shape index (κ2) is 4.76. The number of nitrogen functional groups attached to an aromatic ring is 1. The van der Waals surface area contributed by atoms with Crippen molar-refractivity contribution in [3.8, 4) is 0 Å². The molecule has 0 aromatic carbocycles. The minimum Gasteiger partial charge on any atom is -0.398 e. The summed E-state index contributed by atoms with van der Waals surface area (Å²) in [6, 6.07) is 2.01. The number of aryl methyl sites for hydroxylation is 1. The number of aromatic nitrogens is 1. The largest absolute Gasteiger partial charge is 0.398 e. The van der Waals surface area contributed by atoms with Gasteiger partial charge in [0.15, 0.2) is 0 Å². The van der Waals surface area contributed by atoms with Crippen LogP contribution < -0.4 is 10.6 Å². The molecule has 0 atom stereocenters. The van der Waals surface area contributed by atoms with Crippen molar-refractivity contribution in [2.45, 2.75) is 19.8 Å². The summed E-state index contributed by atoms with van der Waals surface area (Å²) < 4.78 is 0. The van der Waals surface area contributed by atoms with Gasteiger partial charge in [-0.1, -0.05) is 0 Å². The Hall–Kier alpha value is -1.29. The Balaban J connectivity index is 1.59. The van der Waals surface area contributed by atoms with Crippen molar-refractivity contribution < 1.29 is 0 Å². The van der Waals surface area contributed by atoms with Crippen molar-refractivity contribution in [2.24, 2.45) is 5.92 Å². The molecule has 98 valence electrons. The van der Waals surface area contributed by atoms with Crippen molar-refractivity contribution in [3.05, 3.63) is 17.8 Å². The van der Waals surface area contributed by atoms with Crippen molar-refractivity contribution in [3.63, 3.8) is 0 Å². The molecule has 2 aliphatic rings. The maximum atomic E-state index is 5.95. The van der Waals surface area contributed by atoms with Crippen molar-refractivity contribution in [1.29, 1.82) is 0 Å². The predicted molar refractivity (Wildman–Crippen MR) is 74.8 cm³/mol. The van der Waals surface area contributed by atoms with Gasteiger partial charge >= 0.3 is 0 Å². The van der Waals surface area contributed by atoms with Crippen LogP contribution in [0.25, 0.3) is 0 Å². The third kappa shape index (κ3) is 2.58. The molecular weight excluding hydrogens is 224 g/mol. The Labute approximate surface area is 109 Å². The molecule has 18 heavy (non-hydrogen) atoms. The molecule has 0 radical (unpaired) electrons. The number of piperazine rings is 1. The maximum absolute atomic E-state index is 5.95. The average molecular weight is 246 g/mol. The molecule has 0 bridgehead atoms. The molecule has 0 unspecified atom stereocenters. The standard InChI is InChI=1S/C14H22N4/c1-11-9-16-14(8-13(11)15)18-6-4-17(5-7-18)10-12-2-3-12/h8-9,12H,2-7,10H2,1H3,(H2,15,16). The van der Waals surface area contributed by atoms with Crippen LogP contribution in [0.4, 0.5) is 11.5 Å². The van der Waals surface area contributed by atoms with Crippen molar-refractivity contribution >= 4 is 11.5 Å². The van der Waals surface area contributed by atoms with E-state index in [1.54, 1.807) is 0 Å². The number of pyridine rings is 1. The number of nitrogens with zero attached hydrogens (tertiary/aromatic N) is 3. The molecule has 2 heterocycles. The van der Waals surface area contributed by atoms with Crippen molar-refractivity contribution in [1.82, 2.24) is 9.88 Å². The molecule has 3 rings (SSSR count). The van der Waals surface area contributed by atoms with Crippen LogP contribution in [0.2, 0.25) is 0 Å². The Morgan fingerprint density at radius 3 is 2.61 bits per heavy atom. The highest BCUT2D eigenvalue weighted by molar-refractivity contribution is 5.54. The zero-order valence-electron chi connectivity index (χ0n) is 11.1. The van der Waals surface area contributed by atoms with Gasteiger partial charge in [0.25, 0.3) is 0 Å². The molecule has 2 N–H and O–H groups in total. The van der Waals surface area contributed by atoms with E-state index in [1.807, 2.05) is 19.2 Å². The molecule has 1 aliphatic carbocycles. The first-order chi connectivity index (χ1) is 8.72. The molecule has 4 heteroatoms. The molecule has 0 spiro atoms. The SMILES string of the molecule is Cc1cnc(N2CCN(CC3CC3)CC2)cc1N. The van der Waals surface area contributed by atoms with E-state index in [4.69, 9.17) is 5.73 Å². The number of hydrogen-bond acceptors (Lipinski definition) is 4. The normalized spacial score (nSPS) is 21.3. The highest BCUT2D eigenvalue weighted by Crippen LogP contribution is 2.30. The summed E-state index contributed by atoms with van der Waals surface area (Å²) in [4.78, 5) is 9.42. The summed E-state index contributed by atoms with van der Waals surface area (Å²) in [5, 5.41) is 0. The van der Waals surface area contributed by atoms with E-state index in [2.05, 4.69) is 14.8 Å². The van der Waals surface area contributed by atoms with Crippen LogP contribution in [0.3, 0.4) is 0 Å². The highest BCUT2D eigenvalue weighted by Gasteiger charge is 2.26. The number of anilines is 2. The van der Waals surface area contributed by atoms with E-state index in [0.29, 0.717) is 0 Å². The second-order valence-corrected chi connectivity index (χ2v) is 5.63. The lowest BCUT2D eigenvalue weighted by molar-refractivity contribution is 0.247. The molecule has 1 aromatic rings. The molecule has 1 saturated carbocycles. The van der Waals surface area contributed by atoms with Gasteiger partial charge in [0.05, 0.1) is 0 Å². The van der Waals surface area contributed by atoms with Crippen LogP contribution in [0, 0.1) is 12.8 Å². The van der Waals surface area contributed by atoms with Gasteiger partial charge in [-0.15, -0.1) is 0 Å². The molecule has 1 aliphatic heterocycles. The van der Waals surface area contributed by atoms with Crippen molar-refractivity contribution in [2.75, 3.05) is 43.4 Å². The third-order valence-electron chi connectivity index (χ3n) is 4.04. The van der Waals surface area contributed by atoms with Crippen LogP contribution in [-0.4, -0.2) is 42.6 Å². The van der Waals surface area contributed by atoms with Crippen LogP contribution in [0.1, 0.15) is 18.4 Å². The minimum absolute atomic E-state index is 0.848. The predicted octanol–water partition coefficient (Wildman–Crippen LogP) is 1.50. The quantitative estimate of drug-likeness (QED) is 0.878. The zero-order chi connectivity index (χ0) is 12.5. The summed E-state index contributed by atoms with van der Waals surface area (Å²) in [5.41, 5.74) is 7.86. The van der Waals surface area contributed by atoms with Gasteiger partial charge in [0.2, 0.25) is 0 Å². The van der Waals surface area contributed by atoms with E-state index in [-0.39, 0.29) is 0 Å². The Kier molecular flexibility index (Phi) is 3.12. The molecule has 4 nitrogen and oxygen atoms in total. The lowest BCUT2D eigenvalue weighted by atomic mass is 10.2. The summed E-state index contributed by atoms with van der Waals surface area (Å²) in [6.45, 7) is 7.76. The van der Waals surface area contributed by atoms with E-state index >= 15 is 0 Å². The van der Waals surface area contributed by atoms with Crippen LogP contribution in [-0.2, 0) is 0 Å². The van der Waals surface area contributed by atoms with Crippen LogP contribution >= 0.6 is 0 Å². The fraction of sp³-hybridized carbons (Fsp3) is 0.643. The third-order valence-corrected chi connectivity index (χ3v) is 4.04. The van der Waals surface area contributed by atoms with Gasteiger partial charge in [0, 0.05) is 50.7 Å². The molecular formula is C14H22N4. The van der Waals surface area contributed by atoms with Crippen LogP contribution in [0.5, 0.6) is 0 Å². The van der Waals surface area contributed by atoms with E-state index < -0.39 is 0 Å². The number of nitrogens with two attached hydrogens (primary N) is 1. The maximum Gasteiger partial charge on any atom is 0.130 e. The first-order valence-corrected chi connectivity index (χ1v) is 6.92. The summed E-state index contributed by atoms with van der Waals surface area (Å²) in [7, 11) is 0. The lowest BCUT2D eigenvalue weighted by Gasteiger charge is -2.35. The highest BCUT2D eigenvalue weighted by atomic mass is 15.3. The van der Waals surface area contributed by atoms with Gasteiger partial charge in [-0.3, -0.25) is 4.90 Å². The van der Waals surface area contributed by atoms with E-state index in [9.17, 15) is 0 Å². The first kappa shape index (κ1) is 11.8. The molecule has 1 aromatic heterocycles. The van der Waals surface area contributed by atoms with Gasteiger partial charge in [-0.05, 0) is 31.2 Å². The topological polar surface area (TPSA) is 45.4 Å². The minimum atomic E-state index is 0.848. The van der Waals surface area contributed by atoms with Gasteiger partial charge in [0.1, 0.15) is 5.82 Å². The summed E-state index contributed by atoms with van der Waals surface area (Å²) in [5.74, 6) is 2.02. The van der Waals surface area contributed by atoms with Crippen LogP contribution in [0.15, 0.2) is 12.3 Å². The lowest BCUT2D eigenvalue weighted by Crippen LogP contribution is -2.47. The molecule has 1 saturated heterocycles. The Morgan fingerprint density at radius 2 is 2.00 bits per heavy atom. The monoisotopic (exact) mass is 246 g/mol. The first-order valence-electron chi connectivity index (χ1n) is 6.92. The Bertz CT molecular complexity index is 420. The van der Waals surface area contributed by atoms with E-state index in [0.717, 1.165) is 49.2 Å². The number of hydrogen-bond donors (Lipinski definition) is 1. The summed E-state index contributed by atoms with van der Waals surface area (Å²) >= 11 is 0. The molecule has 2 fully saturated rings. The fourth-order valence-electron chi connectivity index (χ4n) is 2.53.